The molecule has 0 spiro atoms. The maximum Gasteiger partial charge on any atom is 0.0663 e. The van der Waals surface area contributed by atoms with E-state index in [0.29, 0.717) is 0 Å². The zero-order chi connectivity index (χ0) is 88.7. The Bertz CT molecular complexity index is 10200. The van der Waals surface area contributed by atoms with Gasteiger partial charge in [0.05, 0.1) is 25.8 Å². The van der Waals surface area contributed by atoms with Crippen molar-refractivity contribution >= 4 is 343 Å². The van der Waals surface area contributed by atoms with Crippen molar-refractivity contribution in [2.75, 3.05) is 0 Å². The number of benzene rings is 22. The highest BCUT2D eigenvalue weighted by Gasteiger charge is 2.24. The lowest BCUT2D eigenvalue weighted by Crippen LogP contribution is -1.92. The van der Waals surface area contributed by atoms with Crippen molar-refractivity contribution in [3.05, 3.63) is 427 Å². The van der Waals surface area contributed by atoms with Gasteiger partial charge in [0.15, 0.2) is 0 Å². The molecule has 1 nitrogen and oxygen atoms in total. The normalized spacial score (nSPS) is 12.0. The van der Waals surface area contributed by atoms with E-state index in [0.717, 1.165) is 30.2 Å². The van der Waals surface area contributed by atoms with Gasteiger partial charge in [0.2, 0.25) is 0 Å². The molecular weight excluding hydrogens is 1850 g/mol. The first-order valence-corrected chi connectivity index (χ1v) is 51.7. The molecule has 0 atom stereocenters. The molecule has 134 heavy (non-hydrogen) atoms. The maximum atomic E-state index is 7.05. The molecule has 0 saturated carbocycles. The second kappa shape index (κ2) is 32.2. The summed E-state index contributed by atoms with van der Waals surface area (Å²) >= 11 is 39.3. The standard InChI is InChI=1S/C36H19ClS2.C30H18ClNS.2C28H15ClS2/c37-34-21-10-2-1-9-20(21)17-30-33-25-14-5-3-11-22(25)28(19-32(33)39-36(30)34)27-18-29-24-13-7-8-16-31(24)38-35(29)26-15-6-4-12-23(26)27;31-21-12-14-25-24-13-10-20(17-29(24)33-30(25)18-21)19-11-15-28-26(16-19)23-8-4-5-9-27(23)32(28)22-6-2-1-3-7-22;29-17-10-12-26-23(14-17)28-20-7-2-1-5-18(20)21(15-27(28)31-26)16-9-11-25-22(13-16)19-6-3-4-8-24(19)30-25;29-23-14-18-5-1-2-6-19(18)28-27(23)21-11-9-17(15-26(21)31-28)16-10-12-25-22(13-16)20-7-3-4-8-24(20)30-25/h1-19H;1-18H;2*1-15H. The number of aromatic nitrogens is 1. The average Bonchev–Trinajstić information content (AvgIpc) is 1.51. The van der Waals surface area contributed by atoms with Gasteiger partial charge in [0.1, 0.15) is 0 Å². The Morgan fingerprint density at radius 1 is 0.172 bits per heavy atom. The molecule has 0 aliphatic rings. The molecule has 8 aromatic heterocycles. The quantitative estimate of drug-likeness (QED) is 0.162. The molecule has 12 heteroatoms. The predicted octanol–water partition coefficient (Wildman–Crippen LogP) is 41.5. The molecular formula is C122H67Cl4NS7. The van der Waals surface area contributed by atoms with E-state index in [9.17, 15) is 0 Å². The number of thiophene rings is 7. The molecule has 30 rings (SSSR count). The third-order valence-corrected chi connectivity index (χ3v) is 36.2. The second-order valence-electron chi connectivity index (χ2n) is 34.4. The Hall–Kier alpha value is -13.4. The molecule has 0 radical (unpaired) electrons. The van der Waals surface area contributed by atoms with Crippen LogP contribution in [0.2, 0.25) is 20.1 Å². The van der Waals surface area contributed by atoms with Crippen molar-refractivity contribution in [3.63, 3.8) is 0 Å². The molecule has 30 aromatic rings. The van der Waals surface area contributed by atoms with Crippen LogP contribution in [0, 0.1) is 0 Å². The lowest BCUT2D eigenvalue weighted by molar-refractivity contribution is 1.18. The lowest BCUT2D eigenvalue weighted by atomic mass is 9.90. The van der Waals surface area contributed by atoms with Crippen molar-refractivity contribution in [2.45, 2.75) is 0 Å². The van der Waals surface area contributed by atoms with Crippen LogP contribution in [-0.2, 0) is 0 Å². The smallest absolute Gasteiger partial charge is 0.0663 e. The molecule has 0 N–H and O–H groups in total. The van der Waals surface area contributed by atoms with Crippen LogP contribution in [0.3, 0.4) is 0 Å². The summed E-state index contributed by atoms with van der Waals surface area (Å²) in [6.07, 6.45) is 0. The van der Waals surface area contributed by atoms with Gasteiger partial charge in [-0.05, 0) is 233 Å². The minimum atomic E-state index is 0.787. The molecule has 0 aliphatic carbocycles. The summed E-state index contributed by atoms with van der Waals surface area (Å²) in [5.74, 6) is 0. The van der Waals surface area contributed by atoms with Gasteiger partial charge < -0.3 is 4.57 Å². The average molecular weight is 1910 g/mol. The fourth-order valence-electron chi connectivity index (χ4n) is 20.7. The molecule has 22 aromatic carbocycles. The van der Waals surface area contributed by atoms with Crippen LogP contribution < -0.4 is 0 Å². The zero-order valence-electron chi connectivity index (χ0n) is 71.0. The Kier molecular flexibility index (Phi) is 19.3. The largest absolute Gasteiger partial charge is 0.309 e. The van der Waals surface area contributed by atoms with Gasteiger partial charge in [0, 0.05) is 174 Å². The van der Waals surface area contributed by atoms with Crippen molar-refractivity contribution in [1.82, 2.24) is 4.57 Å². The Morgan fingerprint density at radius 3 is 1.28 bits per heavy atom. The summed E-state index contributed by atoms with van der Waals surface area (Å²) in [4.78, 5) is 0. The monoisotopic (exact) mass is 1910 g/mol. The molecule has 0 saturated heterocycles. The fourth-order valence-corrected chi connectivity index (χ4v) is 30.1. The van der Waals surface area contributed by atoms with Gasteiger partial charge in [-0.3, -0.25) is 0 Å². The molecule has 0 amide bonds. The number of para-hydroxylation sites is 2. The van der Waals surface area contributed by atoms with Crippen LogP contribution in [0.5, 0.6) is 0 Å². The van der Waals surface area contributed by atoms with Gasteiger partial charge in [0.25, 0.3) is 0 Å². The summed E-state index contributed by atoms with van der Waals surface area (Å²) in [5.41, 5.74) is 13.7. The highest BCUT2D eigenvalue weighted by Crippen LogP contribution is 2.53. The lowest BCUT2D eigenvalue weighted by Gasteiger charge is -2.13. The number of hydrogen-bond donors (Lipinski definition) is 0. The van der Waals surface area contributed by atoms with E-state index in [4.69, 9.17) is 46.4 Å². The van der Waals surface area contributed by atoms with Crippen LogP contribution in [-0.4, -0.2) is 4.57 Å². The number of halogens is 4. The number of rotatable bonds is 5. The van der Waals surface area contributed by atoms with Crippen molar-refractivity contribution < 1.29 is 0 Å². The summed E-state index contributed by atoms with van der Waals surface area (Å²) in [6, 6.07) is 147. The van der Waals surface area contributed by atoms with Gasteiger partial charge in [-0.2, -0.15) is 0 Å². The number of nitrogens with zero attached hydrogens (tertiary/aromatic N) is 1. The molecule has 8 heterocycles. The van der Waals surface area contributed by atoms with Crippen LogP contribution in [0.25, 0.3) is 267 Å². The highest BCUT2D eigenvalue weighted by atomic mass is 35.5. The first-order chi connectivity index (χ1) is 66.0. The van der Waals surface area contributed by atoms with Gasteiger partial charge in [-0.25, -0.2) is 0 Å². The Balaban J connectivity index is 0.0000000914. The van der Waals surface area contributed by atoms with E-state index in [1.54, 1.807) is 11.3 Å². The Morgan fingerprint density at radius 2 is 0.575 bits per heavy atom. The molecule has 0 unspecified atom stereocenters. The number of hydrogen-bond acceptors (Lipinski definition) is 7. The van der Waals surface area contributed by atoms with Crippen LogP contribution in [0.15, 0.2) is 406 Å². The van der Waals surface area contributed by atoms with Gasteiger partial charge in [-0.1, -0.05) is 307 Å². The molecule has 0 aliphatic heterocycles. The van der Waals surface area contributed by atoms with Crippen molar-refractivity contribution in [2.24, 2.45) is 0 Å². The topological polar surface area (TPSA) is 4.93 Å². The van der Waals surface area contributed by atoms with Gasteiger partial charge >= 0.3 is 0 Å². The minimum absolute atomic E-state index is 0.787. The van der Waals surface area contributed by atoms with Crippen molar-refractivity contribution in [1.29, 1.82) is 0 Å². The Labute approximate surface area is 815 Å². The van der Waals surface area contributed by atoms with E-state index in [2.05, 4.69) is 399 Å². The van der Waals surface area contributed by atoms with Crippen LogP contribution >= 0.6 is 126 Å². The fraction of sp³-hybridized carbons (Fsp3) is 0. The predicted molar refractivity (Wildman–Crippen MR) is 600 cm³/mol. The summed E-state index contributed by atoms with van der Waals surface area (Å²) in [7, 11) is 0. The molecule has 0 fully saturated rings. The van der Waals surface area contributed by atoms with Crippen LogP contribution in [0.4, 0.5) is 0 Å². The zero-order valence-corrected chi connectivity index (χ0v) is 79.7. The van der Waals surface area contributed by atoms with E-state index in [1.807, 2.05) is 80.2 Å². The van der Waals surface area contributed by atoms with Crippen LogP contribution in [0.1, 0.15) is 0 Å². The molecule has 0 bridgehead atoms. The van der Waals surface area contributed by atoms with E-state index >= 15 is 0 Å². The number of fused-ring (bicyclic) bond motifs is 33. The second-order valence-corrected chi connectivity index (χ2v) is 43.5. The SMILES string of the molecule is Clc1c2ccccc2cc2c1sc1cc(-c3cc4c5ccccc5sc4c4ccccc34)c3ccccc3c12.Clc1cc2ccccc2c2sc3cc(-c4ccc5sc6ccccc6c5c4)ccc3c12.Clc1ccc2c(c1)sc1cc(-c3ccc4c(c3)c3ccccc3n4-c3ccccc3)ccc12.Clc1ccc2sc3cc(-c4ccc5sc6ccccc6c5c4)c4ccccc4c3c2c1. The summed E-state index contributed by atoms with van der Waals surface area (Å²) in [5, 5.41) is 36.4. The molecule has 630 valence electrons. The summed E-state index contributed by atoms with van der Waals surface area (Å²) in [6.45, 7) is 0. The third-order valence-electron chi connectivity index (χ3n) is 26.8. The summed E-state index contributed by atoms with van der Waals surface area (Å²) < 4.78 is 20.5. The minimum Gasteiger partial charge on any atom is -0.309 e. The van der Waals surface area contributed by atoms with Crippen molar-refractivity contribution in [3.8, 4) is 50.2 Å². The first-order valence-electron chi connectivity index (χ1n) is 44.4. The van der Waals surface area contributed by atoms with E-state index < -0.39 is 0 Å². The third kappa shape index (κ3) is 13.2. The highest BCUT2D eigenvalue weighted by molar-refractivity contribution is 7.29. The first kappa shape index (κ1) is 80.3. The maximum absolute atomic E-state index is 7.05. The van der Waals surface area contributed by atoms with Gasteiger partial charge in [-0.15, -0.1) is 79.4 Å². The van der Waals surface area contributed by atoms with E-state index in [-0.39, 0.29) is 0 Å². The van der Waals surface area contributed by atoms with E-state index in [1.165, 1.54) is 257 Å².